The first-order chi connectivity index (χ1) is 7.90. The largest absolute Gasteiger partial charge is 0.481 e. The van der Waals surface area contributed by atoms with Crippen molar-refractivity contribution in [1.29, 1.82) is 0 Å². The lowest BCUT2D eigenvalue weighted by atomic mass is 10.1. The lowest BCUT2D eigenvalue weighted by Gasteiger charge is -2.29. The van der Waals surface area contributed by atoms with Crippen LogP contribution in [-0.2, 0) is 23.8 Å². The zero-order valence-corrected chi connectivity index (χ0v) is 10.7. The van der Waals surface area contributed by atoms with E-state index in [1.165, 1.54) is 6.92 Å². The smallest absolute Gasteiger partial charge is 0.326 e. The van der Waals surface area contributed by atoms with E-state index in [0.29, 0.717) is 0 Å². The van der Waals surface area contributed by atoms with Crippen LogP contribution >= 0.6 is 0 Å². The second-order valence-electron chi connectivity index (χ2n) is 3.45. The standard InChI is InChI=1S/C11H20O6/c1-5-8(9(12)13)10(14)17-11(4,15-6-2)16-7-3/h8H,5-7H2,1-4H3,(H,12,13). The molecule has 1 N–H and O–H groups in total. The third-order valence-corrected chi connectivity index (χ3v) is 2.09. The predicted octanol–water partition coefficient (Wildman–Crippen LogP) is 1.39. The predicted molar refractivity (Wildman–Crippen MR) is 59.2 cm³/mol. The Hall–Kier alpha value is -1.14. The molecular weight excluding hydrogens is 228 g/mol. The van der Waals surface area contributed by atoms with E-state index in [9.17, 15) is 9.59 Å². The molecule has 0 aliphatic carbocycles. The number of esters is 1. The maximum atomic E-state index is 11.6. The van der Waals surface area contributed by atoms with Crippen molar-refractivity contribution < 1.29 is 28.9 Å². The molecule has 0 saturated carbocycles. The van der Waals surface area contributed by atoms with Crippen LogP contribution in [0.25, 0.3) is 0 Å². The van der Waals surface area contributed by atoms with Crippen LogP contribution in [0.1, 0.15) is 34.1 Å². The molecule has 0 spiro atoms. The van der Waals surface area contributed by atoms with Gasteiger partial charge in [0.2, 0.25) is 0 Å². The van der Waals surface area contributed by atoms with Gasteiger partial charge in [-0.25, -0.2) is 0 Å². The van der Waals surface area contributed by atoms with Crippen molar-refractivity contribution in [3.63, 3.8) is 0 Å². The summed E-state index contributed by atoms with van der Waals surface area (Å²) in [5.74, 6) is -4.80. The molecule has 0 radical (unpaired) electrons. The Labute approximate surface area is 101 Å². The Kier molecular flexibility index (Phi) is 6.75. The second-order valence-corrected chi connectivity index (χ2v) is 3.45. The van der Waals surface area contributed by atoms with E-state index in [1.807, 2.05) is 0 Å². The van der Waals surface area contributed by atoms with E-state index < -0.39 is 23.8 Å². The number of carbonyl (C=O) groups excluding carboxylic acids is 1. The summed E-state index contributed by atoms with van der Waals surface area (Å²) in [6, 6.07) is 0. The van der Waals surface area contributed by atoms with E-state index >= 15 is 0 Å². The third kappa shape index (κ3) is 5.14. The second kappa shape index (κ2) is 7.24. The zero-order valence-electron chi connectivity index (χ0n) is 10.7. The van der Waals surface area contributed by atoms with Crippen LogP contribution in [0.2, 0.25) is 0 Å². The van der Waals surface area contributed by atoms with Crippen molar-refractivity contribution in [2.24, 2.45) is 5.92 Å². The maximum Gasteiger partial charge on any atom is 0.326 e. The molecule has 0 rings (SSSR count). The van der Waals surface area contributed by atoms with Crippen LogP contribution in [0, 0.1) is 5.92 Å². The average Bonchev–Trinajstić information content (AvgIpc) is 2.17. The van der Waals surface area contributed by atoms with Gasteiger partial charge in [-0.1, -0.05) is 6.92 Å². The molecule has 0 bridgehead atoms. The maximum absolute atomic E-state index is 11.6. The van der Waals surface area contributed by atoms with E-state index in [1.54, 1.807) is 20.8 Å². The summed E-state index contributed by atoms with van der Waals surface area (Å²) in [4.78, 5) is 22.4. The fourth-order valence-electron chi connectivity index (χ4n) is 1.32. The number of carboxylic acids is 1. The van der Waals surface area contributed by atoms with Crippen LogP contribution in [-0.4, -0.2) is 36.2 Å². The average molecular weight is 248 g/mol. The van der Waals surface area contributed by atoms with E-state index in [0.717, 1.165) is 0 Å². The molecule has 6 heteroatoms. The molecule has 0 heterocycles. The fourth-order valence-corrected chi connectivity index (χ4v) is 1.32. The highest BCUT2D eigenvalue weighted by Gasteiger charge is 2.35. The number of rotatable bonds is 8. The Morgan fingerprint density at radius 3 is 1.94 bits per heavy atom. The van der Waals surface area contributed by atoms with Crippen LogP contribution in [0.3, 0.4) is 0 Å². The Bertz CT molecular complexity index is 257. The van der Waals surface area contributed by atoms with Crippen molar-refractivity contribution in [2.75, 3.05) is 13.2 Å². The highest BCUT2D eigenvalue weighted by Crippen LogP contribution is 2.18. The van der Waals surface area contributed by atoms with Crippen molar-refractivity contribution in [1.82, 2.24) is 0 Å². The number of aliphatic carboxylic acids is 1. The van der Waals surface area contributed by atoms with Crippen LogP contribution in [0.5, 0.6) is 0 Å². The summed E-state index contributed by atoms with van der Waals surface area (Å²) in [6.45, 7) is 7.05. The Balaban J connectivity index is 4.64. The van der Waals surface area contributed by atoms with Gasteiger partial charge in [0.05, 0.1) is 13.2 Å². The Morgan fingerprint density at radius 2 is 1.65 bits per heavy atom. The minimum absolute atomic E-state index is 0.155. The van der Waals surface area contributed by atoms with Gasteiger partial charge in [0, 0.05) is 6.92 Å². The fraction of sp³-hybridized carbons (Fsp3) is 0.818. The molecule has 6 nitrogen and oxygen atoms in total. The number of ether oxygens (including phenoxy) is 3. The zero-order chi connectivity index (χ0) is 13.5. The normalized spacial score (nSPS) is 13.2. The first kappa shape index (κ1) is 15.9. The molecule has 0 aliphatic rings. The molecule has 0 aromatic carbocycles. The summed E-state index contributed by atoms with van der Waals surface area (Å²) in [5.41, 5.74) is 0. The van der Waals surface area contributed by atoms with Crippen molar-refractivity contribution in [3.8, 4) is 0 Å². The molecule has 100 valence electrons. The number of hydrogen-bond acceptors (Lipinski definition) is 5. The molecule has 0 saturated heterocycles. The first-order valence-electron chi connectivity index (χ1n) is 5.63. The van der Waals surface area contributed by atoms with Gasteiger partial charge >= 0.3 is 17.9 Å². The molecule has 0 amide bonds. The van der Waals surface area contributed by atoms with E-state index in [4.69, 9.17) is 19.3 Å². The number of carbonyl (C=O) groups is 2. The summed E-state index contributed by atoms with van der Waals surface area (Å²) >= 11 is 0. The van der Waals surface area contributed by atoms with Crippen molar-refractivity contribution in [3.05, 3.63) is 0 Å². The van der Waals surface area contributed by atoms with Crippen molar-refractivity contribution in [2.45, 2.75) is 40.1 Å². The third-order valence-electron chi connectivity index (χ3n) is 2.09. The molecule has 0 aromatic heterocycles. The lowest BCUT2D eigenvalue weighted by Crippen LogP contribution is -2.41. The van der Waals surface area contributed by atoms with Crippen LogP contribution in [0.4, 0.5) is 0 Å². The minimum atomic E-state index is -1.52. The monoisotopic (exact) mass is 248 g/mol. The molecule has 1 unspecified atom stereocenters. The molecule has 0 aromatic rings. The first-order valence-corrected chi connectivity index (χ1v) is 5.63. The lowest BCUT2D eigenvalue weighted by molar-refractivity contribution is -0.350. The minimum Gasteiger partial charge on any atom is -0.481 e. The summed E-state index contributed by atoms with van der Waals surface area (Å²) in [6.07, 6.45) is 0.155. The van der Waals surface area contributed by atoms with Gasteiger partial charge in [-0.15, -0.1) is 0 Å². The topological polar surface area (TPSA) is 82.1 Å². The molecule has 17 heavy (non-hydrogen) atoms. The molecule has 1 atom stereocenters. The summed E-state index contributed by atoms with van der Waals surface area (Å²) in [7, 11) is 0. The highest BCUT2D eigenvalue weighted by molar-refractivity contribution is 5.93. The van der Waals surface area contributed by atoms with Gasteiger partial charge in [-0.3, -0.25) is 9.59 Å². The van der Waals surface area contributed by atoms with E-state index in [-0.39, 0.29) is 19.6 Å². The molecule has 0 aliphatic heterocycles. The quantitative estimate of drug-likeness (QED) is 0.397. The Morgan fingerprint density at radius 1 is 1.18 bits per heavy atom. The van der Waals surface area contributed by atoms with Crippen LogP contribution in [0.15, 0.2) is 0 Å². The van der Waals surface area contributed by atoms with Gasteiger partial charge in [0.15, 0.2) is 5.92 Å². The van der Waals surface area contributed by atoms with Gasteiger partial charge in [0.1, 0.15) is 0 Å². The molecular formula is C11H20O6. The summed E-state index contributed by atoms with van der Waals surface area (Å²) < 4.78 is 15.3. The molecule has 0 fully saturated rings. The van der Waals surface area contributed by atoms with Crippen molar-refractivity contribution >= 4 is 11.9 Å². The number of carboxylic acid groups (broad SMARTS) is 1. The van der Waals surface area contributed by atoms with Gasteiger partial charge in [0.25, 0.3) is 0 Å². The highest BCUT2D eigenvalue weighted by atomic mass is 16.9. The van der Waals surface area contributed by atoms with Gasteiger partial charge in [-0.05, 0) is 20.3 Å². The van der Waals surface area contributed by atoms with Gasteiger partial charge in [-0.2, -0.15) is 0 Å². The SMILES string of the molecule is CCOC(C)(OCC)OC(=O)C(CC)C(=O)O. The summed E-state index contributed by atoms with van der Waals surface area (Å²) in [5, 5.41) is 8.82. The van der Waals surface area contributed by atoms with Crippen LogP contribution < -0.4 is 0 Å². The van der Waals surface area contributed by atoms with Gasteiger partial charge < -0.3 is 19.3 Å². The number of hydrogen-bond donors (Lipinski definition) is 1. The van der Waals surface area contributed by atoms with E-state index in [2.05, 4.69) is 0 Å².